The van der Waals surface area contributed by atoms with Crippen LogP contribution in [0, 0.1) is 6.92 Å². The van der Waals surface area contributed by atoms with Crippen molar-refractivity contribution in [2.75, 3.05) is 11.1 Å². The van der Waals surface area contributed by atoms with Crippen LogP contribution in [0.2, 0.25) is 0 Å². The number of thiazole rings is 1. The first kappa shape index (κ1) is 11.0. The molecule has 0 aliphatic rings. The summed E-state index contributed by atoms with van der Waals surface area (Å²) in [6, 6.07) is 9.82. The van der Waals surface area contributed by atoms with Gasteiger partial charge >= 0.3 is 0 Å². The lowest BCUT2D eigenvalue weighted by Crippen LogP contribution is -1.97. The maximum atomic E-state index is 5.84. The lowest BCUT2D eigenvalue weighted by atomic mass is 10.2. The van der Waals surface area contributed by atoms with E-state index in [4.69, 9.17) is 5.73 Å². The van der Waals surface area contributed by atoms with Crippen LogP contribution in [0.5, 0.6) is 0 Å². The number of nitrogen functional groups attached to an aromatic ring is 1. The molecule has 0 aliphatic heterocycles. The second-order valence-corrected chi connectivity index (χ2v) is 5.09. The maximum absolute atomic E-state index is 5.84. The van der Waals surface area contributed by atoms with Gasteiger partial charge in [0.05, 0.1) is 15.9 Å². The minimum atomic E-state index is 0.618. The summed E-state index contributed by atoms with van der Waals surface area (Å²) >= 11 is 1.60. The Morgan fingerprint density at radius 3 is 3.00 bits per heavy atom. The molecule has 90 valence electrons. The summed E-state index contributed by atoms with van der Waals surface area (Å²) in [5.41, 5.74) is 8.68. The van der Waals surface area contributed by atoms with Crippen LogP contribution in [0.3, 0.4) is 0 Å². The molecule has 3 rings (SSSR count). The average molecular weight is 256 g/mol. The van der Waals surface area contributed by atoms with E-state index in [0.29, 0.717) is 11.5 Å². The van der Waals surface area contributed by atoms with Crippen LogP contribution in [-0.4, -0.2) is 9.97 Å². The van der Waals surface area contributed by atoms with Crippen LogP contribution in [0.1, 0.15) is 5.56 Å². The van der Waals surface area contributed by atoms with Crippen LogP contribution < -0.4 is 11.1 Å². The second-order valence-electron chi connectivity index (χ2n) is 4.06. The predicted octanol–water partition coefficient (Wildman–Crippen LogP) is 3.33. The molecular formula is C13H12N4S. The first-order valence-corrected chi connectivity index (χ1v) is 6.39. The molecule has 5 heteroatoms. The number of hydrogen-bond donors (Lipinski definition) is 2. The third kappa shape index (κ3) is 2.00. The third-order valence-corrected chi connectivity index (χ3v) is 3.54. The van der Waals surface area contributed by atoms with Gasteiger partial charge in [-0.25, -0.2) is 9.97 Å². The lowest BCUT2D eigenvalue weighted by molar-refractivity contribution is 1.30. The molecule has 0 bridgehead atoms. The average Bonchev–Trinajstić information content (AvgIpc) is 2.73. The van der Waals surface area contributed by atoms with Crippen LogP contribution in [0.4, 0.5) is 16.6 Å². The van der Waals surface area contributed by atoms with Crippen LogP contribution in [0.25, 0.3) is 10.2 Å². The molecule has 0 radical (unpaired) electrons. The van der Waals surface area contributed by atoms with Gasteiger partial charge in [-0.1, -0.05) is 17.4 Å². The molecule has 4 nitrogen and oxygen atoms in total. The highest BCUT2D eigenvalue weighted by Gasteiger charge is 2.06. The SMILES string of the molecule is Cc1ccc2nc(Nc3ncccc3N)sc2c1. The minimum Gasteiger partial charge on any atom is -0.396 e. The molecule has 0 saturated heterocycles. The molecular weight excluding hydrogens is 244 g/mol. The number of nitrogens with one attached hydrogen (secondary N) is 1. The number of nitrogens with two attached hydrogens (primary N) is 1. The van der Waals surface area contributed by atoms with E-state index in [1.165, 1.54) is 5.56 Å². The van der Waals surface area contributed by atoms with Gasteiger partial charge in [-0.3, -0.25) is 0 Å². The fourth-order valence-electron chi connectivity index (χ4n) is 1.71. The molecule has 2 aromatic heterocycles. The molecule has 0 aliphatic carbocycles. The standard InChI is InChI=1S/C13H12N4S/c1-8-4-5-10-11(7-8)18-13(16-10)17-12-9(14)3-2-6-15-12/h2-7H,14H2,1H3,(H,15,16,17). The highest BCUT2D eigenvalue weighted by Crippen LogP contribution is 2.29. The zero-order valence-electron chi connectivity index (χ0n) is 9.84. The predicted molar refractivity (Wildman–Crippen MR) is 76.3 cm³/mol. The molecule has 0 spiro atoms. The number of benzene rings is 1. The van der Waals surface area contributed by atoms with Crippen LogP contribution in [-0.2, 0) is 0 Å². The van der Waals surface area contributed by atoms with Crippen molar-refractivity contribution in [1.29, 1.82) is 0 Å². The van der Waals surface area contributed by atoms with Gasteiger partial charge in [0.25, 0.3) is 0 Å². The van der Waals surface area contributed by atoms with E-state index in [2.05, 4.69) is 34.3 Å². The number of rotatable bonds is 2. The van der Waals surface area contributed by atoms with Gasteiger partial charge < -0.3 is 11.1 Å². The fourth-order valence-corrected chi connectivity index (χ4v) is 2.67. The van der Waals surface area contributed by atoms with Gasteiger partial charge in [0.1, 0.15) is 0 Å². The molecule has 1 aromatic carbocycles. The van der Waals surface area contributed by atoms with Gasteiger partial charge in [0.2, 0.25) is 0 Å². The smallest absolute Gasteiger partial charge is 0.189 e. The molecule has 2 heterocycles. The Labute approximate surface area is 109 Å². The molecule has 0 atom stereocenters. The quantitative estimate of drug-likeness (QED) is 0.738. The van der Waals surface area contributed by atoms with E-state index in [9.17, 15) is 0 Å². The zero-order valence-corrected chi connectivity index (χ0v) is 10.7. The normalized spacial score (nSPS) is 10.7. The van der Waals surface area contributed by atoms with Gasteiger partial charge in [0, 0.05) is 6.20 Å². The molecule has 0 amide bonds. The highest BCUT2D eigenvalue weighted by molar-refractivity contribution is 7.22. The summed E-state index contributed by atoms with van der Waals surface area (Å²) in [7, 11) is 0. The Bertz CT molecular complexity index is 705. The molecule has 0 saturated carbocycles. The summed E-state index contributed by atoms with van der Waals surface area (Å²) in [4.78, 5) is 8.69. The van der Waals surface area contributed by atoms with Gasteiger partial charge in [-0.2, -0.15) is 0 Å². The van der Waals surface area contributed by atoms with Crippen molar-refractivity contribution in [3.8, 4) is 0 Å². The summed E-state index contributed by atoms with van der Waals surface area (Å²) in [6.45, 7) is 2.07. The van der Waals surface area contributed by atoms with Crippen molar-refractivity contribution in [3.63, 3.8) is 0 Å². The number of aromatic nitrogens is 2. The first-order chi connectivity index (χ1) is 8.72. The Balaban J connectivity index is 1.98. The maximum Gasteiger partial charge on any atom is 0.189 e. The van der Waals surface area contributed by atoms with Crippen LogP contribution >= 0.6 is 11.3 Å². The highest BCUT2D eigenvalue weighted by atomic mass is 32.1. The Morgan fingerprint density at radius 2 is 2.17 bits per heavy atom. The van der Waals surface area contributed by atoms with E-state index in [1.54, 1.807) is 17.5 Å². The third-order valence-electron chi connectivity index (χ3n) is 2.61. The Morgan fingerprint density at radius 1 is 1.28 bits per heavy atom. The summed E-state index contributed by atoms with van der Waals surface area (Å²) in [5, 5.41) is 3.96. The Hall–Kier alpha value is -2.14. The zero-order chi connectivity index (χ0) is 12.5. The van der Waals surface area contributed by atoms with Gasteiger partial charge in [-0.15, -0.1) is 0 Å². The summed E-state index contributed by atoms with van der Waals surface area (Å²) in [5.74, 6) is 0.647. The van der Waals surface area contributed by atoms with Gasteiger partial charge in [-0.05, 0) is 36.8 Å². The van der Waals surface area contributed by atoms with E-state index in [1.807, 2.05) is 18.2 Å². The number of fused-ring (bicyclic) bond motifs is 1. The van der Waals surface area contributed by atoms with Crippen molar-refractivity contribution < 1.29 is 0 Å². The minimum absolute atomic E-state index is 0.618. The van der Waals surface area contributed by atoms with Crippen LogP contribution in [0.15, 0.2) is 36.5 Å². The van der Waals surface area contributed by atoms with E-state index in [0.717, 1.165) is 15.3 Å². The molecule has 18 heavy (non-hydrogen) atoms. The van der Waals surface area contributed by atoms with Crippen molar-refractivity contribution in [1.82, 2.24) is 9.97 Å². The number of aryl methyl sites for hydroxylation is 1. The lowest BCUT2D eigenvalue weighted by Gasteiger charge is -2.03. The van der Waals surface area contributed by atoms with Gasteiger partial charge in [0.15, 0.2) is 10.9 Å². The topological polar surface area (TPSA) is 63.8 Å². The molecule has 0 fully saturated rings. The molecule has 3 N–H and O–H groups in total. The van der Waals surface area contributed by atoms with E-state index in [-0.39, 0.29) is 0 Å². The number of anilines is 3. The molecule has 0 unspecified atom stereocenters. The summed E-state index contributed by atoms with van der Waals surface area (Å²) in [6.07, 6.45) is 1.70. The van der Waals surface area contributed by atoms with Crippen molar-refractivity contribution in [2.24, 2.45) is 0 Å². The largest absolute Gasteiger partial charge is 0.396 e. The monoisotopic (exact) mass is 256 g/mol. The first-order valence-electron chi connectivity index (χ1n) is 5.57. The Kier molecular flexibility index (Phi) is 2.60. The second kappa shape index (κ2) is 4.27. The van der Waals surface area contributed by atoms with E-state index < -0.39 is 0 Å². The number of hydrogen-bond acceptors (Lipinski definition) is 5. The summed E-state index contributed by atoms with van der Waals surface area (Å²) < 4.78 is 1.16. The van der Waals surface area contributed by atoms with E-state index >= 15 is 0 Å². The van der Waals surface area contributed by atoms with Crippen molar-refractivity contribution >= 4 is 38.2 Å². The van der Waals surface area contributed by atoms with Crippen molar-refractivity contribution in [3.05, 3.63) is 42.1 Å². The number of nitrogens with zero attached hydrogens (tertiary/aromatic N) is 2. The van der Waals surface area contributed by atoms with Crippen molar-refractivity contribution in [2.45, 2.75) is 6.92 Å². The fraction of sp³-hybridized carbons (Fsp3) is 0.0769. The number of pyridine rings is 1. The molecule has 3 aromatic rings.